The number of fused-ring (bicyclic) bond motifs is 1. The Balaban J connectivity index is 1.74. The first kappa shape index (κ1) is 19.8. The number of aryl methyl sites for hydroxylation is 2. The van der Waals surface area contributed by atoms with E-state index < -0.39 is 0 Å². The third kappa shape index (κ3) is 3.36. The van der Waals surface area contributed by atoms with Gasteiger partial charge >= 0.3 is 0 Å². The molecule has 0 aliphatic carbocycles. The molecule has 0 fully saturated rings. The lowest BCUT2D eigenvalue weighted by molar-refractivity contribution is 0.491. The highest BCUT2D eigenvalue weighted by Gasteiger charge is 2.27. The molecule has 2 aromatic carbocycles. The number of para-hydroxylation sites is 1. The molecule has 0 saturated heterocycles. The van der Waals surface area contributed by atoms with E-state index in [1.165, 1.54) is 4.68 Å². The summed E-state index contributed by atoms with van der Waals surface area (Å²) in [6.45, 7) is 5.05. The molecular weight excluding hydrogens is 400 g/mol. The summed E-state index contributed by atoms with van der Waals surface area (Å²) in [6, 6.07) is 21.4. The highest BCUT2D eigenvalue weighted by molar-refractivity contribution is 5.87. The quantitative estimate of drug-likeness (QED) is 0.540. The molecule has 4 aromatic rings. The molecule has 0 spiro atoms. The van der Waals surface area contributed by atoms with E-state index in [1.54, 1.807) is 12.1 Å². The van der Waals surface area contributed by atoms with Gasteiger partial charge in [-0.25, -0.2) is 4.68 Å². The van der Waals surface area contributed by atoms with Crippen molar-refractivity contribution in [3.8, 4) is 34.3 Å². The van der Waals surface area contributed by atoms with E-state index in [-0.39, 0.29) is 11.5 Å². The van der Waals surface area contributed by atoms with Crippen LogP contribution in [0.3, 0.4) is 0 Å². The van der Waals surface area contributed by atoms with Gasteiger partial charge in [-0.2, -0.15) is 20.1 Å². The molecule has 158 valence electrons. The van der Waals surface area contributed by atoms with E-state index in [1.807, 2.05) is 61.0 Å². The van der Waals surface area contributed by atoms with Gasteiger partial charge in [-0.05, 0) is 37.6 Å². The van der Waals surface area contributed by atoms with Crippen molar-refractivity contribution >= 4 is 5.82 Å². The van der Waals surface area contributed by atoms with Gasteiger partial charge in [0, 0.05) is 18.2 Å². The number of nitrogens with zero attached hydrogens (tertiary/aromatic N) is 5. The molecule has 0 bridgehead atoms. The molecule has 2 aromatic heterocycles. The van der Waals surface area contributed by atoms with Gasteiger partial charge < -0.3 is 5.32 Å². The number of hydrogen-bond donors (Lipinski definition) is 1. The Morgan fingerprint density at radius 2 is 1.91 bits per heavy atom. The van der Waals surface area contributed by atoms with Gasteiger partial charge in [-0.3, -0.25) is 4.79 Å². The van der Waals surface area contributed by atoms with Crippen molar-refractivity contribution in [3.63, 3.8) is 0 Å². The standard InChI is InChI=1S/C25H22N6O/c1-16-6-5-8-19(12-16)24-23(25-27-14-18(13-26)15-30(25)29-24)20-10-11-22(32)31(28-20)21-9-4-3-7-17(21)2/h3-12,18,27H,14-15H2,1-2H3. The Morgan fingerprint density at radius 3 is 2.69 bits per heavy atom. The molecule has 1 aliphatic heterocycles. The summed E-state index contributed by atoms with van der Waals surface area (Å²) in [7, 11) is 0. The fraction of sp³-hybridized carbons (Fsp3) is 0.200. The van der Waals surface area contributed by atoms with Crippen LogP contribution < -0.4 is 10.9 Å². The normalized spacial score (nSPS) is 15.0. The number of benzene rings is 2. The molecule has 32 heavy (non-hydrogen) atoms. The minimum absolute atomic E-state index is 0.158. The second-order valence-electron chi connectivity index (χ2n) is 8.09. The maximum absolute atomic E-state index is 12.7. The third-order valence-electron chi connectivity index (χ3n) is 5.74. The molecule has 1 atom stereocenters. The lowest BCUT2D eigenvalue weighted by Crippen LogP contribution is -2.27. The van der Waals surface area contributed by atoms with E-state index in [2.05, 4.69) is 17.5 Å². The van der Waals surface area contributed by atoms with Crippen molar-refractivity contribution in [2.75, 3.05) is 11.9 Å². The average molecular weight is 422 g/mol. The summed E-state index contributed by atoms with van der Waals surface area (Å²) in [6.07, 6.45) is 0. The molecule has 0 amide bonds. The Bertz CT molecular complexity index is 1430. The summed E-state index contributed by atoms with van der Waals surface area (Å²) >= 11 is 0. The number of hydrogen-bond acceptors (Lipinski definition) is 5. The maximum Gasteiger partial charge on any atom is 0.271 e. The Kier molecular flexibility index (Phi) is 4.83. The Labute approximate surface area is 185 Å². The van der Waals surface area contributed by atoms with Gasteiger partial charge in [0.25, 0.3) is 5.56 Å². The Hall–Kier alpha value is -4.18. The topological polar surface area (TPSA) is 88.5 Å². The maximum atomic E-state index is 12.7. The molecule has 3 heterocycles. The zero-order valence-corrected chi connectivity index (χ0v) is 17.9. The van der Waals surface area contributed by atoms with Crippen LogP contribution in [0.25, 0.3) is 28.2 Å². The lowest BCUT2D eigenvalue weighted by atomic mass is 10.0. The van der Waals surface area contributed by atoms with Gasteiger partial charge in [0.2, 0.25) is 0 Å². The summed E-state index contributed by atoms with van der Waals surface area (Å²) in [5.74, 6) is 0.657. The van der Waals surface area contributed by atoms with Gasteiger partial charge in [-0.15, -0.1) is 0 Å². The van der Waals surface area contributed by atoms with Crippen LogP contribution in [0.4, 0.5) is 5.82 Å². The van der Waals surface area contributed by atoms with Crippen LogP contribution >= 0.6 is 0 Å². The predicted molar refractivity (Wildman–Crippen MR) is 124 cm³/mol. The molecule has 0 saturated carbocycles. The zero-order valence-electron chi connectivity index (χ0n) is 17.9. The number of anilines is 1. The fourth-order valence-corrected chi connectivity index (χ4v) is 4.11. The van der Waals surface area contributed by atoms with Gasteiger partial charge in [0.05, 0.1) is 35.5 Å². The summed E-state index contributed by atoms with van der Waals surface area (Å²) in [5, 5.41) is 22.4. The first-order valence-electron chi connectivity index (χ1n) is 10.5. The monoisotopic (exact) mass is 422 g/mol. The van der Waals surface area contributed by atoms with Crippen molar-refractivity contribution in [2.45, 2.75) is 20.4 Å². The SMILES string of the molecule is Cc1cccc(-c2nn3c(c2-c2ccc(=O)n(-c4ccccc4C)n2)NCC(C#N)C3)c1. The van der Waals surface area contributed by atoms with Crippen LogP contribution in [0.5, 0.6) is 0 Å². The van der Waals surface area contributed by atoms with Gasteiger partial charge in [-0.1, -0.05) is 42.0 Å². The van der Waals surface area contributed by atoms with Gasteiger partial charge in [0.1, 0.15) is 11.5 Å². The first-order chi connectivity index (χ1) is 15.5. The predicted octanol–water partition coefficient (Wildman–Crippen LogP) is 3.95. The molecule has 5 rings (SSSR count). The molecule has 1 aliphatic rings. The lowest BCUT2D eigenvalue weighted by Gasteiger charge is -2.21. The highest BCUT2D eigenvalue weighted by Crippen LogP contribution is 2.38. The third-order valence-corrected chi connectivity index (χ3v) is 5.74. The van der Waals surface area contributed by atoms with Crippen LogP contribution in [0, 0.1) is 31.1 Å². The molecular formula is C25H22N6O. The summed E-state index contributed by atoms with van der Waals surface area (Å²) in [4.78, 5) is 12.7. The van der Waals surface area contributed by atoms with Crippen molar-refractivity contribution in [3.05, 3.63) is 82.1 Å². The number of aromatic nitrogens is 4. The number of nitrogens with one attached hydrogen (secondary N) is 1. The zero-order chi connectivity index (χ0) is 22.2. The van der Waals surface area contributed by atoms with Crippen LogP contribution in [-0.4, -0.2) is 26.1 Å². The highest BCUT2D eigenvalue weighted by atomic mass is 16.1. The molecule has 1 N–H and O–H groups in total. The van der Waals surface area contributed by atoms with Crippen molar-refractivity contribution in [1.82, 2.24) is 19.6 Å². The van der Waals surface area contributed by atoms with Crippen molar-refractivity contribution in [2.24, 2.45) is 5.92 Å². The number of nitriles is 1. The summed E-state index contributed by atoms with van der Waals surface area (Å²) < 4.78 is 3.28. The summed E-state index contributed by atoms with van der Waals surface area (Å²) in [5.41, 5.74) is 5.85. The van der Waals surface area contributed by atoms with E-state index in [9.17, 15) is 10.1 Å². The van der Waals surface area contributed by atoms with Crippen LogP contribution in [0.1, 0.15) is 11.1 Å². The molecule has 7 nitrogen and oxygen atoms in total. The van der Waals surface area contributed by atoms with Crippen LogP contribution in [0.15, 0.2) is 65.5 Å². The van der Waals surface area contributed by atoms with Crippen molar-refractivity contribution in [1.29, 1.82) is 5.26 Å². The van der Waals surface area contributed by atoms with E-state index in [0.29, 0.717) is 18.8 Å². The van der Waals surface area contributed by atoms with Crippen LogP contribution in [-0.2, 0) is 6.54 Å². The molecule has 7 heteroatoms. The minimum Gasteiger partial charge on any atom is -0.368 e. The van der Waals surface area contributed by atoms with Crippen molar-refractivity contribution < 1.29 is 0 Å². The second-order valence-corrected chi connectivity index (χ2v) is 8.09. The van der Waals surface area contributed by atoms with E-state index in [4.69, 9.17) is 10.2 Å². The number of rotatable bonds is 3. The largest absolute Gasteiger partial charge is 0.368 e. The average Bonchev–Trinajstić information content (AvgIpc) is 3.19. The first-order valence-corrected chi connectivity index (χ1v) is 10.5. The Morgan fingerprint density at radius 1 is 1.06 bits per heavy atom. The fourth-order valence-electron chi connectivity index (χ4n) is 4.11. The van der Waals surface area contributed by atoms with Crippen LogP contribution in [0.2, 0.25) is 0 Å². The smallest absolute Gasteiger partial charge is 0.271 e. The second kappa shape index (κ2) is 7.82. The van der Waals surface area contributed by atoms with E-state index in [0.717, 1.165) is 39.5 Å². The van der Waals surface area contributed by atoms with E-state index >= 15 is 0 Å². The van der Waals surface area contributed by atoms with Gasteiger partial charge in [0.15, 0.2) is 0 Å². The minimum atomic E-state index is -0.196. The molecule has 1 unspecified atom stereocenters. The molecule has 0 radical (unpaired) electrons.